The summed E-state index contributed by atoms with van der Waals surface area (Å²) in [6.45, 7) is 0. The number of nitrogens with two attached hydrogens (primary N) is 1. The van der Waals surface area contributed by atoms with E-state index >= 15 is 0 Å². The molecule has 0 aliphatic carbocycles. The summed E-state index contributed by atoms with van der Waals surface area (Å²) in [5.41, 5.74) is 6.20. The predicted molar refractivity (Wildman–Crippen MR) is 60.4 cm³/mol. The number of rotatable bonds is 2. The molecule has 7 heteroatoms. The molecule has 16 heavy (non-hydrogen) atoms. The second-order valence-electron chi connectivity index (χ2n) is 3.01. The monoisotopic (exact) mass is 256 g/mol. The van der Waals surface area contributed by atoms with E-state index in [9.17, 15) is 4.79 Å². The normalized spacial score (nSPS) is 10.4. The maximum atomic E-state index is 11.1. The van der Waals surface area contributed by atoms with Gasteiger partial charge in [-0.15, -0.1) is 0 Å². The van der Waals surface area contributed by atoms with Crippen molar-refractivity contribution >= 4 is 29.1 Å². The lowest BCUT2D eigenvalue weighted by Gasteiger charge is -2.02. The molecule has 82 valence electrons. The first-order valence-electron chi connectivity index (χ1n) is 4.24. The Morgan fingerprint density at radius 3 is 2.75 bits per heavy atom. The maximum Gasteiger partial charge on any atom is 0.267 e. The molecule has 2 rings (SSSR count). The van der Waals surface area contributed by atoms with Gasteiger partial charge in [0.2, 0.25) is 0 Å². The number of pyridine rings is 1. The van der Waals surface area contributed by atoms with Crippen molar-refractivity contribution in [1.29, 1.82) is 0 Å². The molecular formula is C9H6Cl2N4O. The molecule has 3 N–H and O–H groups in total. The molecule has 0 aliphatic heterocycles. The van der Waals surface area contributed by atoms with Gasteiger partial charge in [0.15, 0.2) is 0 Å². The number of carbonyl (C=O) groups excluding carboxylic acids is 1. The van der Waals surface area contributed by atoms with E-state index in [1.165, 1.54) is 18.5 Å². The van der Waals surface area contributed by atoms with Crippen LogP contribution in [0.15, 0.2) is 18.5 Å². The number of hydrogen-bond acceptors (Lipinski definition) is 3. The van der Waals surface area contributed by atoms with E-state index in [0.29, 0.717) is 21.3 Å². The lowest BCUT2D eigenvalue weighted by atomic mass is 10.1. The summed E-state index contributed by atoms with van der Waals surface area (Å²) in [4.78, 5) is 15.1. The Labute approximate surface area is 101 Å². The first kappa shape index (κ1) is 10.9. The Hall–Kier alpha value is -1.59. The molecule has 2 aromatic rings. The summed E-state index contributed by atoms with van der Waals surface area (Å²) in [6.07, 6.45) is 2.86. The minimum absolute atomic E-state index is 0.164. The first-order chi connectivity index (χ1) is 7.59. The van der Waals surface area contributed by atoms with Crippen LogP contribution in [0, 0.1) is 0 Å². The summed E-state index contributed by atoms with van der Waals surface area (Å²) in [5.74, 6) is -0.625. The van der Waals surface area contributed by atoms with Crippen molar-refractivity contribution in [2.45, 2.75) is 0 Å². The van der Waals surface area contributed by atoms with E-state index in [0.717, 1.165) is 0 Å². The van der Waals surface area contributed by atoms with Crippen LogP contribution in [0.4, 0.5) is 0 Å². The van der Waals surface area contributed by atoms with Gasteiger partial charge in [0.25, 0.3) is 5.91 Å². The molecular weight excluding hydrogens is 251 g/mol. The molecule has 0 radical (unpaired) electrons. The smallest absolute Gasteiger partial charge is 0.267 e. The molecule has 0 aromatic carbocycles. The Morgan fingerprint density at radius 1 is 1.38 bits per heavy atom. The standard InChI is InChI=1S/C9H6Cl2N4O/c10-4-1-6(11)7(13-2-4)5-3-14-15-8(5)9(12)16/h1-3H,(H2,12,16)(H,14,15). The van der Waals surface area contributed by atoms with Crippen LogP contribution in [-0.4, -0.2) is 21.1 Å². The summed E-state index contributed by atoms with van der Waals surface area (Å²) < 4.78 is 0. The van der Waals surface area contributed by atoms with Gasteiger partial charge >= 0.3 is 0 Å². The molecule has 2 aromatic heterocycles. The molecule has 0 fully saturated rings. The Balaban J connectivity index is 2.59. The van der Waals surface area contributed by atoms with Crippen molar-refractivity contribution in [2.24, 2.45) is 5.73 Å². The van der Waals surface area contributed by atoms with Gasteiger partial charge in [-0.1, -0.05) is 23.2 Å². The highest BCUT2D eigenvalue weighted by molar-refractivity contribution is 6.36. The highest BCUT2D eigenvalue weighted by atomic mass is 35.5. The van der Waals surface area contributed by atoms with Crippen molar-refractivity contribution in [1.82, 2.24) is 15.2 Å². The molecule has 0 bridgehead atoms. The van der Waals surface area contributed by atoms with Gasteiger partial charge in [-0.2, -0.15) is 5.10 Å². The number of hydrogen-bond donors (Lipinski definition) is 2. The maximum absolute atomic E-state index is 11.1. The van der Waals surface area contributed by atoms with E-state index in [1.807, 2.05) is 0 Å². The Kier molecular flexibility index (Phi) is 2.80. The molecule has 0 unspecified atom stereocenters. The SMILES string of the molecule is NC(=O)c1[nH]ncc1-c1ncc(Cl)cc1Cl. The number of nitrogens with one attached hydrogen (secondary N) is 1. The number of primary amides is 1. The number of carbonyl (C=O) groups is 1. The minimum Gasteiger partial charge on any atom is -0.364 e. The van der Waals surface area contributed by atoms with Crippen LogP contribution in [0.5, 0.6) is 0 Å². The highest BCUT2D eigenvalue weighted by Crippen LogP contribution is 2.29. The van der Waals surface area contributed by atoms with E-state index < -0.39 is 5.91 Å². The second kappa shape index (κ2) is 4.11. The third kappa shape index (κ3) is 1.87. The molecule has 2 heterocycles. The van der Waals surface area contributed by atoms with E-state index in [-0.39, 0.29) is 5.69 Å². The van der Waals surface area contributed by atoms with Crippen LogP contribution in [0.1, 0.15) is 10.5 Å². The van der Waals surface area contributed by atoms with Crippen molar-refractivity contribution in [3.05, 3.63) is 34.2 Å². The highest BCUT2D eigenvalue weighted by Gasteiger charge is 2.16. The quantitative estimate of drug-likeness (QED) is 0.861. The fourth-order valence-corrected chi connectivity index (χ4v) is 1.75. The van der Waals surface area contributed by atoms with Gasteiger partial charge in [0.1, 0.15) is 5.69 Å². The average molecular weight is 257 g/mol. The van der Waals surface area contributed by atoms with Crippen molar-refractivity contribution in [2.75, 3.05) is 0 Å². The lowest BCUT2D eigenvalue weighted by Crippen LogP contribution is -2.12. The predicted octanol–water partition coefficient (Wildman–Crippen LogP) is 1.88. The van der Waals surface area contributed by atoms with Crippen molar-refractivity contribution in [3.8, 4) is 11.3 Å². The molecule has 0 saturated heterocycles. The van der Waals surface area contributed by atoms with E-state index in [1.54, 1.807) is 0 Å². The summed E-state index contributed by atoms with van der Waals surface area (Å²) in [5, 5.41) is 6.96. The van der Waals surface area contributed by atoms with Gasteiger partial charge in [0, 0.05) is 6.20 Å². The van der Waals surface area contributed by atoms with Crippen LogP contribution in [0.2, 0.25) is 10.0 Å². The first-order valence-corrected chi connectivity index (χ1v) is 5.00. The van der Waals surface area contributed by atoms with Crippen molar-refractivity contribution < 1.29 is 4.79 Å². The fourth-order valence-electron chi connectivity index (χ4n) is 1.27. The second-order valence-corrected chi connectivity index (χ2v) is 3.85. The third-order valence-electron chi connectivity index (χ3n) is 1.95. The summed E-state index contributed by atoms with van der Waals surface area (Å²) in [6, 6.07) is 1.53. The zero-order chi connectivity index (χ0) is 11.7. The fraction of sp³-hybridized carbons (Fsp3) is 0. The molecule has 5 nitrogen and oxygen atoms in total. The van der Waals surface area contributed by atoms with Gasteiger partial charge in [-0.25, -0.2) is 0 Å². The summed E-state index contributed by atoms with van der Waals surface area (Å²) >= 11 is 11.7. The minimum atomic E-state index is -0.625. The van der Waals surface area contributed by atoms with Gasteiger partial charge in [-0.3, -0.25) is 14.9 Å². The van der Waals surface area contributed by atoms with Crippen molar-refractivity contribution in [3.63, 3.8) is 0 Å². The number of aromatic nitrogens is 3. The zero-order valence-corrected chi connectivity index (χ0v) is 9.38. The van der Waals surface area contributed by atoms with Gasteiger partial charge in [0.05, 0.1) is 27.5 Å². The molecule has 0 aliphatic rings. The largest absolute Gasteiger partial charge is 0.364 e. The Morgan fingerprint density at radius 2 is 2.12 bits per heavy atom. The van der Waals surface area contributed by atoms with Gasteiger partial charge < -0.3 is 5.73 Å². The zero-order valence-electron chi connectivity index (χ0n) is 7.87. The topological polar surface area (TPSA) is 84.7 Å². The Bertz CT molecular complexity index is 552. The van der Waals surface area contributed by atoms with E-state index in [2.05, 4.69) is 15.2 Å². The number of nitrogens with zero attached hydrogens (tertiary/aromatic N) is 2. The molecule has 0 atom stereocenters. The van der Waals surface area contributed by atoms with Crippen LogP contribution in [0.3, 0.4) is 0 Å². The van der Waals surface area contributed by atoms with E-state index in [4.69, 9.17) is 28.9 Å². The van der Waals surface area contributed by atoms with Gasteiger partial charge in [-0.05, 0) is 6.07 Å². The lowest BCUT2D eigenvalue weighted by molar-refractivity contribution is 0.0996. The number of H-pyrrole nitrogens is 1. The molecule has 1 amide bonds. The number of aromatic amines is 1. The van der Waals surface area contributed by atoms with Crippen LogP contribution >= 0.6 is 23.2 Å². The number of amides is 1. The molecule has 0 spiro atoms. The average Bonchev–Trinajstić information content (AvgIpc) is 2.66. The summed E-state index contributed by atoms with van der Waals surface area (Å²) in [7, 11) is 0. The third-order valence-corrected chi connectivity index (χ3v) is 2.44. The van der Waals surface area contributed by atoms with Crippen LogP contribution in [0.25, 0.3) is 11.3 Å². The number of halogens is 2. The van der Waals surface area contributed by atoms with Crippen LogP contribution in [-0.2, 0) is 0 Å². The van der Waals surface area contributed by atoms with Crippen LogP contribution < -0.4 is 5.73 Å². The molecule has 0 saturated carbocycles.